The van der Waals surface area contributed by atoms with Crippen molar-refractivity contribution in [2.45, 2.75) is 44.4 Å². The zero-order chi connectivity index (χ0) is 12.5. The van der Waals surface area contributed by atoms with Gasteiger partial charge in [-0.2, -0.15) is 0 Å². The molecule has 2 fully saturated rings. The first-order chi connectivity index (χ1) is 8.01. The van der Waals surface area contributed by atoms with E-state index in [1.54, 1.807) is 18.3 Å². The van der Waals surface area contributed by atoms with E-state index in [0.29, 0.717) is 25.2 Å². The number of nitrogens with one attached hydrogen (secondary N) is 1. The van der Waals surface area contributed by atoms with Crippen molar-refractivity contribution in [3.05, 3.63) is 0 Å². The van der Waals surface area contributed by atoms with Crippen molar-refractivity contribution in [2.24, 2.45) is 0 Å². The lowest BCUT2D eigenvalue weighted by atomic mass is 10.1. The maximum absolute atomic E-state index is 12.2. The summed E-state index contributed by atoms with van der Waals surface area (Å²) in [4.78, 5) is 0. The average molecular weight is 299 g/mol. The Kier molecular flexibility index (Phi) is 5.86. The number of hydrogen-bond donors (Lipinski definition) is 1. The predicted molar refractivity (Wildman–Crippen MR) is 73.6 cm³/mol. The van der Waals surface area contributed by atoms with E-state index in [4.69, 9.17) is 4.74 Å². The second kappa shape index (κ2) is 6.52. The first-order valence-electron chi connectivity index (χ1n) is 6.28. The first kappa shape index (κ1) is 16.2. The van der Waals surface area contributed by atoms with Crippen molar-refractivity contribution in [1.82, 2.24) is 9.62 Å². The van der Waals surface area contributed by atoms with Gasteiger partial charge in [-0.15, -0.1) is 12.4 Å². The van der Waals surface area contributed by atoms with Crippen LogP contribution in [0.4, 0.5) is 0 Å². The molecule has 0 aromatic carbocycles. The number of fused-ring (bicyclic) bond motifs is 2. The lowest BCUT2D eigenvalue weighted by Crippen LogP contribution is -2.42. The molecule has 2 bridgehead atoms. The second-order valence-electron chi connectivity index (χ2n) is 5.11. The lowest BCUT2D eigenvalue weighted by molar-refractivity contribution is 0.135. The molecular formula is C11H23ClN2O3S. The molecule has 0 radical (unpaired) electrons. The molecule has 2 heterocycles. The normalized spacial score (nSPS) is 30.6. The van der Waals surface area contributed by atoms with Gasteiger partial charge in [0.2, 0.25) is 10.0 Å². The molecule has 0 aliphatic carbocycles. The monoisotopic (exact) mass is 298 g/mol. The Morgan fingerprint density at radius 2 is 2.00 bits per heavy atom. The molecule has 2 rings (SSSR count). The van der Waals surface area contributed by atoms with Gasteiger partial charge in [0, 0.05) is 32.3 Å². The van der Waals surface area contributed by atoms with E-state index in [0.717, 1.165) is 12.8 Å². The Hall–Kier alpha value is 0.120. The molecule has 2 aliphatic rings. The van der Waals surface area contributed by atoms with Crippen LogP contribution in [0, 0.1) is 0 Å². The van der Waals surface area contributed by atoms with Crippen molar-refractivity contribution in [3.63, 3.8) is 0 Å². The van der Waals surface area contributed by atoms with Crippen LogP contribution in [0.1, 0.15) is 26.2 Å². The first-order valence-corrected chi connectivity index (χ1v) is 7.89. The van der Waals surface area contributed by atoms with Crippen molar-refractivity contribution < 1.29 is 13.2 Å². The number of ether oxygens (including phenoxy) is 1. The van der Waals surface area contributed by atoms with E-state index in [1.165, 1.54) is 6.42 Å². The van der Waals surface area contributed by atoms with Crippen molar-refractivity contribution in [3.8, 4) is 0 Å². The summed E-state index contributed by atoms with van der Waals surface area (Å²) in [7, 11) is -1.62. The highest BCUT2D eigenvalue weighted by Gasteiger charge is 2.34. The zero-order valence-electron chi connectivity index (χ0n) is 11.0. The highest BCUT2D eigenvalue weighted by atomic mass is 35.5. The summed E-state index contributed by atoms with van der Waals surface area (Å²) >= 11 is 0. The van der Waals surface area contributed by atoms with Crippen LogP contribution in [0.5, 0.6) is 0 Å². The summed E-state index contributed by atoms with van der Waals surface area (Å²) in [6, 6.07) is 0.857. The molecule has 0 amide bonds. The van der Waals surface area contributed by atoms with E-state index >= 15 is 0 Å². The summed E-state index contributed by atoms with van der Waals surface area (Å²) in [6.45, 7) is 3.06. The van der Waals surface area contributed by atoms with Gasteiger partial charge < -0.3 is 10.1 Å². The van der Waals surface area contributed by atoms with Gasteiger partial charge in [0.15, 0.2) is 0 Å². The molecular weight excluding hydrogens is 276 g/mol. The summed E-state index contributed by atoms with van der Waals surface area (Å²) in [5, 5.41) is 3.48. The number of sulfonamides is 1. The quantitative estimate of drug-likeness (QED) is 0.826. The maximum Gasteiger partial charge on any atom is 0.216 e. The molecule has 2 aliphatic heterocycles. The number of nitrogens with zero attached hydrogens (tertiary/aromatic N) is 1. The molecule has 3 unspecified atom stereocenters. The zero-order valence-corrected chi connectivity index (χ0v) is 12.6. The number of rotatable bonds is 4. The summed E-state index contributed by atoms with van der Waals surface area (Å²) < 4.78 is 31.1. The van der Waals surface area contributed by atoms with Gasteiger partial charge in [0.05, 0.1) is 11.9 Å². The smallest absolute Gasteiger partial charge is 0.216 e. The Bertz CT molecular complexity index is 363. The number of halogens is 1. The van der Waals surface area contributed by atoms with Crippen LogP contribution >= 0.6 is 12.4 Å². The van der Waals surface area contributed by atoms with Crippen LogP contribution in [0.25, 0.3) is 0 Å². The third-order valence-corrected chi connectivity index (χ3v) is 5.74. The minimum atomic E-state index is -3.17. The van der Waals surface area contributed by atoms with E-state index in [-0.39, 0.29) is 24.3 Å². The molecule has 0 saturated carbocycles. The maximum atomic E-state index is 12.2. The minimum absolute atomic E-state index is 0. The Balaban J connectivity index is 0.00000162. The van der Waals surface area contributed by atoms with Gasteiger partial charge in [0.25, 0.3) is 0 Å². The molecule has 0 aromatic heterocycles. The van der Waals surface area contributed by atoms with Gasteiger partial charge in [-0.1, -0.05) is 0 Å². The van der Waals surface area contributed by atoms with Crippen molar-refractivity contribution >= 4 is 22.4 Å². The SMILES string of the molecule is COC(C)CS(=O)(=O)N1CCC2CCC(C1)N2.Cl. The molecule has 0 spiro atoms. The van der Waals surface area contributed by atoms with Crippen molar-refractivity contribution in [1.29, 1.82) is 0 Å². The summed E-state index contributed by atoms with van der Waals surface area (Å²) in [5.41, 5.74) is 0. The third-order valence-electron chi connectivity index (χ3n) is 3.73. The fourth-order valence-corrected chi connectivity index (χ4v) is 4.36. The number of hydrogen-bond acceptors (Lipinski definition) is 4. The Morgan fingerprint density at radius 1 is 1.33 bits per heavy atom. The molecule has 5 nitrogen and oxygen atoms in total. The molecule has 108 valence electrons. The van der Waals surface area contributed by atoms with E-state index in [9.17, 15) is 8.42 Å². The van der Waals surface area contributed by atoms with Crippen LogP contribution in [0.3, 0.4) is 0 Å². The van der Waals surface area contributed by atoms with Gasteiger partial charge >= 0.3 is 0 Å². The minimum Gasteiger partial charge on any atom is -0.381 e. The highest BCUT2D eigenvalue weighted by Crippen LogP contribution is 2.22. The second-order valence-corrected chi connectivity index (χ2v) is 7.12. The molecule has 2 saturated heterocycles. The Labute approximate surface area is 116 Å². The molecule has 1 N–H and O–H groups in total. The summed E-state index contributed by atoms with van der Waals surface area (Å²) in [6.07, 6.45) is 2.97. The fraction of sp³-hybridized carbons (Fsp3) is 1.00. The topological polar surface area (TPSA) is 58.6 Å². The van der Waals surface area contributed by atoms with Crippen LogP contribution < -0.4 is 5.32 Å². The highest BCUT2D eigenvalue weighted by molar-refractivity contribution is 7.89. The molecule has 18 heavy (non-hydrogen) atoms. The third kappa shape index (κ3) is 3.81. The van der Waals surface area contributed by atoms with Crippen LogP contribution in [-0.4, -0.2) is 56.9 Å². The number of methoxy groups -OCH3 is 1. The van der Waals surface area contributed by atoms with Gasteiger partial charge in [0.1, 0.15) is 0 Å². The molecule has 0 aromatic rings. The van der Waals surface area contributed by atoms with Gasteiger partial charge in [-0.05, 0) is 26.2 Å². The van der Waals surface area contributed by atoms with Crippen LogP contribution in [-0.2, 0) is 14.8 Å². The average Bonchev–Trinajstić information content (AvgIpc) is 2.56. The van der Waals surface area contributed by atoms with Gasteiger partial charge in [-0.25, -0.2) is 12.7 Å². The lowest BCUT2D eigenvalue weighted by Gasteiger charge is -2.24. The van der Waals surface area contributed by atoms with Crippen molar-refractivity contribution in [2.75, 3.05) is 26.0 Å². The molecule has 7 heteroatoms. The van der Waals surface area contributed by atoms with Gasteiger partial charge in [-0.3, -0.25) is 0 Å². The van der Waals surface area contributed by atoms with E-state index in [2.05, 4.69) is 5.32 Å². The standard InChI is InChI=1S/C11H22N2O3S.ClH/c1-9(16-2)8-17(14,15)13-6-5-10-3-4-11(7-13)12-10;/h9-12H,3-8H2,1-2H3;1H. The molecule has 3 atom stereocenters. The largest absolute Gasteiger partial charge is 0.381 e. The predicted octanol–water partition coefficient (Wildman–Crippen LogP) is 0.599. The Morgan fingerprint density at radius 3 is 2.67 bits per heavy atom. The summed E-state index contributed by atoms with van der Waals surface area (Å²) in [5.74, 6) is 0.0842. The fourth-order valence-electron chi connectivity index (χ4n) is 2.63. The van der Waals surface area contributed by atoms with E-state index < -0.39 is 10.0 Å². The van der Waals surface area contributed by atoms with Crippen LogP contribution in [0.2, 0.25) is 0 Å². The van der Waals surface area contributed by atoms with E-state index in [1.807, 2.05) is 0 Å². The van der Waals surface area contributed by atoms with Crippen LogP contribution in [0.15, 0.2) is 0 Å².